The maximum absolute atomic E-state index is 8.69. The van der Waals surface area contributed by atoms with E-state index in [1.54, 1.807) is 22.3 Å². The van der Waals surface area contributed by atoms with Crippen molar-refractivity contribution in [1.29, 1.82) is 5.41 Å². The lowest BCUT2D eigenvalue weighted by atomic mass is 9.96. The topological polar surface area (TPSA) is 100 Å². The van der Waals surface area contributed by atoms with E-state index in [1.807, 2.05) is 62.2 Å². The summed E-state index contributed by atoms with van der Waals surface area (Å²) in [5.74, 6) is 2.16. The van der Waals surface area contributed by atoms with E-state index in [0.717, 1.165) is 28.2 Å². The van der Waals surface area contributed by atoms with Gasteiger partial charge in [0.2, 0.25) is 0 Å². The first-order valence-corrected chi connectivity index (χ1v) is 11.1. The van der Waals surface area contributed by atoms with Crippen LogP contribution in [0.5, 0.6) is 0 Å². The molecule has 10 heteroatoms. The average Bonchev–Trinajstić information content (AvgIpc) is 3.46. The predicted octanol–water partition coefficient (Wildman–Crippen LogP) is 4.61. The van der Waals surface area contributed by atoms with Crippen LogP contribution in [0, 0.1) is 19.3 Å². The number of benzene rings is 1. The highest BCUT2D eigenvalue weighted by Gasteiger charge is 2.39. The normalized spacial score (nSPS) is 16.1. The van der Waals surface area contributed by atoms with Crippen molar-refractivity contribution in [3.8, 4) is 0 Å². The van der Waals surface area contributed by atoms with Gasteiger partial charge in [0.1, 0.15) is 5.82 Å². The van der Waals surface area contributed by atoms with E-state index >= 15 is 0 Å². The molecule has 9 nitrogen and oxygen atoms in total. The van der Waals surface area contributed by atoms with E-state index < -0.39 is 0 Å². The number of aryl methyl sites for hydroxylation is 3. The second kappa shape index (κ2) is 8.11. The van der Waals surface area contributed by atoms with Gasteiger partial charge in [0.25, 0.3) is 0 Å². The molecule has 0 radical (unpaired) electrons. The zero-order chi connectivity index (χ0) is 24.1. The third kappa shape index (κ3) is 3.45. The number of rotatable bonds is 5. The quantitative estimate of drug-likeness (QED) is 0.410. The van der Waals surface area contributed by atoms with Crippen molar-refractivity contribution in [3.63, 3.8) is 0 Å². The SMILES string of the molecule is C=C1C(Nc2ccnn2C)=C(C(C)=N)C(c2ccc(Cl)cc2)N1c1cc(C)c2nnc(C)n2n1. The molecule has 0 spiro atoms. The summed E-state index contributed by atoms with van der Waals surface area (Å²) in [6.07, 6.45) is 1.72. The average molecular weight is 474 g/mol. The molecule has 0 saturated heterocycles. The fourth-order valence-electron chi connectivity index (χ4n) is 4.32. The summed E-state index contributed by atoms with van der Waals surface area (Å²) in [6.45, 7) is 10.1. The number of aromatic nitrogens is 6. The Kier molecular flexibility index (Phi) is 5.21. The molecule has 1 atom stereocenters. The predicted molar refractivity (Wildman–Crippen MR) is 133 cm³/mol. The van der Waals surface area contributed by atoms with Crippen LogP contribution in [0.4, 0.5) is 11.6 Å². The third-order valence-electron chi connectivity index (χ3n) is 5.99. The number of halogens is 1. The lowest BCUT2D eigenvalue weighted by molar-refractivity contribution is 0.774. The molecule has 1 unspecified atom stereocenters. The van der Waals surface area contributed by atoms with Gasteiger partial charge in [-0.25, -0.2) is 0 Å². The molecule has 2 N–H and O–H groups in total. The number of hydrogen-bond acceptors (Lipinski definition) is 7. The molecule has 4 aromatic rings. The number of anilines is 2. The Morgan fingerprint density at radius 3 is 2.53 bits per heavy atom. The van der Waals surface area contributed by atoms with Crippen molar-refractivity contribution in [1.82, 2.24) is 29.6 Å². The van der Waals surface area contributed by atoms with Gasteiger partial charge in [0.15, 0.2) is 17.3 Å². The molecule has 1 aromatic carbocycles. The molecule has 4 heterocycles. The van der Waals surface area contributed by atoms with Gasteiger partial charge in [-0.15, -0.1) is 15.3 Å². The zero-order valence-corrected chi connectivity index (χ0v) is 20.1. The van der Waals surface area contributed by atoms with Crippen LogP contribution in [-0.2, 0) is 7.05 Å². The molecule has 0 saturated carbocycles. The monoisotopic (exact) mass is 473 g/mol. The Morgan fingerprint density at radius 2 is 1.88 bits per heavy atom. The van der Waals surface area contributed by atoms with E-state index in [4.69, 9.17) is 22.1 Å². The number of nitrogens with one attached hydrogen (secondary N) is 2. The molecule has 0 aliphatic carbocycles. The van der Waals surface area contributed by atoms with Crippen LogP contribution in [0.1, 0.15) is 29.9 Å². The van der Waals surface area contributed by atoms with Crippen molar-refractivity contribution in [2.24, 2.45) is 7.05 Å². The van der Waals surface area contributed by atoms with Gasteiger partial charge in [-0.3, -0.25) is 4.68 Å². The van der Waals surface area contributed by atoms with Gasteiger partial charge >= 0.3 is 0 Å². The number of fused-ring (bicyclic) bond motifs is 1. The lowest BCUT2D eigenvalue weighted by Gasteiger charge is -2.29. The van der Waals surface area contributed by atoms with Crippen LogP contribution in [0.2, 0.25) is 5.02 Å². The largest absolute Gasteiger partial charge is 0.338 e. The van der Waals surface area contributed by atoms with Gasteiger partial charge < -0.3 is 15.6 Å². The standard InChI is InChI=1S/C24H24ClN9/c1-13-12-20(31-34-16(4)29-30-24(13)34)33-15(3)22(28-19-10-11-27-32(19)5)21(14(2)26)23(33)17-6-8-18(25)9-7-17/h6-12,23,26,28H,3H2,1-2,4-5H3. The Balaban J connectivity index is 1.73. The van der Waals surface area contributed by atoms with Crippen LogP contribution in [0.15, 0.2) is 66.1 Å². The van der Waals surface area contributed by atoms with E-state index in [9.17, 15) is 0 Å². The van der Waals surface area contributed by atoms with Crippen LogP contribution < -0.4 is 10.2 Å². The van der Waals surface area contributed by atoms with Crippen molar-refractivity contribution in [2.45, 2.75) is 26.8 Å². The van der Waals surface area contributed by atoms with Crippen molar-refractivity contribution in [2.75, 3.05) is 10.2 Å². The molecule has 1 aliphatic rings. The summed E-state index contributed by atoms with van der Waals surface area (Å²) >= 11 is 6.19. The van der Waals surface area contributed by atoms with Crippen LogP contribution >= 0.6 is 11.6 Å². The molecule has 0 bridgehead atoms. The van der Waals surface area contributed by atoms with Crippen molar-refractivity contribution < 1.29 is 0 Å². The second-order valence-electron chi connectivity index (χ2n) is 8.32. The van der Waals surface area contributed by atoms with Crippen molar-refractivity contribution in [3.05, 3.63) is 88.1 Å². The highest BCUT2D eigenvalue weighted by atomic mass is 35.5. The maximum Gasteiger partial charge on any atom is 0.180 e. The van der Waals surface area contributed by atoms with Gasteiger partial charge in [-0.2, -0.15) is 9.61 Å². The Bertz CT molecular complexity index is 1480. The molecule has 0 fully saturated rings. The van der Waals surface area contributed by atoms with Crippen molar-refractivity contribution >= 4 is 34.6 Å². The van der Waals surface area contributed by atoms with Crippen LogP contribution in [-0.4, -0.2) is 35.3 Å². The highest BCUT2D eigenvalue weighted by Crippen LogP contribution is 2.45. The van der Waals surface area contributed by atoms with E-state index in [-0.39, 0.29) is 6.04 Å². The molecule has 5 rings (SSSR count). The summed E-state index contributed by atoms with van der Waals surface area (Å²) in [4.78, 5) is 2.04. The zero-order valence-electron chi connectivity index (χ0n) is 19.3. The smallest absolute Gasteiger partial charge is 0.180 e. The minimum atomic E-state index is -0.334. The van der Waals surface area contributed by atoms with Gasteiger partial charge in [-0.1, -0.05) is 30.3 Å². The number of nitrogens with zero attached hydrogens (tertiary/aromatic N) is 7. The van der Waals surface area contributed by atoms with E-state index in [0.29, 0.717) is 33.7 Å². The fraction of sp³-hybridized carbons (Fsp3) is 0.208. The first-order valence-electron chi connectivity index (χ1n) is 10.7. The molecule has 0 amide bonds. The molecular formula is C24H24ClN9. The summed E-state index contributed by atoms with van der Waals surface area (Å²) in [6, 6.07) is 11.2. The Morgan fingerprint density at radius 1 is 1.15 bits per heavy atom. The molecule has 1 aliphatic heterocycles. The molecule has 3 aromatic heterocycles. The maximum atomic E-state index is 8.69. The first kappa shape index (κ1) is 21.8. The Labute approximate surface area is 201 Å². The molecule has 34 heavy (non-hydrogen) atoms. The summed E-state index contributed by atoms with van der Waals surface area (Å²) < 4.78 is 3.48. The number of hydrogen-bond donors (Lipinski definition) is 2. The summed E-state index contributed by atoms with van der Waals surface area (Å²) in [5, 5.41) is 30.3. The highest BCUT2D eigenvalue weighted by molar-refractivity contribution is 6.30. The van der Waals surface area contributed by atoms with E-state index in [1.165, 1.54) is 0 Å². The minimum Gasteiger partial charge on any atom is -0.338 e. The first-order chi connectivity index (χ1) is 16.3. The minimum absolute atomic E-state index is 0.334. The Hall–Kier alpha value is -3.98. The van der Waals surface area contributed by atoms with Gasteiger partial charge in [0.05, 0.1) is 23.6 Å². The second-order valence-corrected chi connectivity index (χ2v) is 8.75. The fourth-order valence-corrected chi connectivity index (χ4v) is 4.44. The van der Waals surface area contributed by atoms with E-state index in [2.05, 4.69) is 27.2 Å². The van der Waals surface area contributed by atoms with Crippen LogP contribution in [0.3, 0.4) is 0 Å². The van der Waals surface area contributed by atoms with Gasteiger partial charge in [-0.05, 0) is 50.1 Å². The summed E-state index contributed by atoms with van der Waals surface area (Å²) in [5.41, 5.74) is 5.28. The molecular weight excluding hydrogens is 450 g/mol. The molecule has 172 valence electrons. The lowest BCUT2D eigenvalue weighted by Crippen LogP contribution is -2.26. The van der Waals surface area contributed by atoms with Crippen LogP contribution in [0.25, 0.3) is 5.65 Å². The van der Waals surface area contributed by atoms with Gasteiger partial charge in [0, 0.05) is 29.4 Å². The summed E-state index contributed by atoms with van der Waals surface area (Å²) in [7, 11) is 1.86. The third-order valence-corrected chi connectivity index (χ3v) is 6.24.